The molecule has 6 heteroatoms. The lowest BCUT2D eigenvalue weighted by Gasteiger charge is -2.19. The highest BCUT2D eigenvalue weighted by Gasteiger charge is 2.36. The summed E-state index contributed by atoms with van der Waals surface area (Å²) in [4.78, 5) is 12.4. The molecule has 1 heterocycles. The second kappa shape index (κ2) is 5.73. The molecule has 0 bridgehead atoms. The lowest BCUT2D eigenvalue weighted by molar-refractivity contribution is -0.137. The van der Waals surface area contributed by atoms with Crippen molar-refractivity contribution in [2.24, 2.45) is 0 Å². The van der Waals surface area contributed by atoms with Crippen molar-refractivity contribution in [3.05, 3.63) is 63.8 Å². The first-order chi connectivity index (χ1) is 11.9. The Morgan fingerprint density at radius 3 is 2.56 bits per heavy atom. The van der Waals surface area contributed by atoms with Crippen molar-refractivity contribution in [2.45, 2.75) is 25.4 Å². The Kier molecular flexibility index (Phi) is 3.76. The number of hydrogen-bond donors (Lipinski definition) is 0. The number of carbonyl (C=O) groups is 1. The quantitative estimate of drug-likeness (QED) is 0.489. The summed E-state index contributed by atoms with van der Waals surface area (Å²) >= 11 is 3.12. The number of para-hydroxylation sites is 1. The van der Waals surface area contributed by atoms with Crippen LogP contribution in [0.3, 0.4) is 0 Å². The number of alkyl halides is 3. The van der Waals surface area contributed by atoms with E-state index >= 15 is 0 Å². The summed E-state index contributed by atoms with van der Waals surface area (Å²) in [6.45, 7) is 0. The summed E-state index contributed by atoms with van der Waals surface area (Å²) in [5.74, 6) is 0.00173. The van der Waals surface area contributed by atoms with Gasteiger partial charge in [-0.3, -0.25) is 4.79 Å². The van der Waals surface area contributed by atoms with Crippen molar-refractivity contribution >= 4 is 32.6 Å². The zero-order valence-electron chi connectivity index (χ0n) is 13.0. The van der Waals surface area contributed by atoms with E-state index in [9.17, 15) is 18.0 Å². The Hall–Kier alpha value is -2.08. The normalized spacial score (nSPS) is 14.8. The molecule has 25 heavy (non-hydrogen) atoms. The van der Waals surface area contributed by atoms with Crippen molar-refractivity contribution in [3.63, 3.8) is 0 Å². The van der Waals surface area contributed by atoms with E-state index in [0.29, 0.717) is 40.5 Å². The van der Waals surface area contributed by atoms with Gasteiger partial charge in [0.15, 0.2) is 5.78 Å². The van der Waals surface area contributed by atoms with Crippen LogP contribution < -0.4 is 0 Å². The molecule has 2 nitrogen and oxygen atoms in total. The molecule has 0 fully saturated rings. The Balaban J connectivity index is 2.12. The summed E-state index contributed by atoms with van der Waals surface area (Å²) in [5.41, 5.74) is 1.21. The highest BCUT2D eigenvalue weighted by atomic mass is 79.9. The fourth-order valence-electron chi connectivity index (χ4n) is 3.59. The highest BCUT2D eigenvalue weighted by Crippen LogP contribution is 2.40. The van der Waals surface area contributed by atoms with E-state index in [4.69, 9.17) is 0 Å². The summed E-state index contributed by atoms with van der Waals surface area (Å²) in [6.07, 6.45) is -2.81. The number of nitrogens with zero attached hydrogens (tertiary/aromatic N) is 1. The molecule has 0 unspecified atom stereocenters. The Labute approximate surface area is 150 Å². The minimum atomic E-state index is -4.49. The summed E-state index contributed by atoms with van der Waals surface area (Å²) in [7, 11) is 0. The molecule has 0 spiro atoms. The fourth-order valence-corrected chi connectivity index (χ4v) is 3.95. The van der Waals surface area contributed by atoms with E-state index < -0.39 is 11.7 Å². The molecule has 1 aliphatic rings. The number of fused-ring (bicyclic) bond motifs is 3. The van der Waals surface area contributed by atoms with E-state index in [1.807, 2.05) is 0 Å². The topological polar surface area (TPSA) is 22.0 Å². The maximum absolute atomic E-state index is 13.6. The Morgan fingerprint density at radius 2 is 1.80 bits per heavy atom. The first-order valence-electron chi connectivity index (χ1n) is 7.90. The van der Waals surface area contributed by atoms with Crippen molar-refractivity contribution in [3.8, 4) is 5.69 Å². The third-order valence-corrected chi connectivity index (χ3v) is 5.07. The van der Waals surface area contributed by atoms with Crippen LogP contribution in [0.15, 0.2) is 46.9 Å². The molecule has 4 rings (SSSR count). The smallest absolute Gasteiger partial charge is 0.312 e. The van der Waals surface area contributed by atoms with E-state index in [1.54, 1.807) is 34.9 Å². The number of rotatable bonds is 1. The molecule has 128 valence electrons. The van der Waals surface area contributed by atoms with E-state index in [0.717, 1.165) is 11.5 Å². The molecule has 1 aliphatic carbocycles. The number of carbonyl (C=O) groups excluding carboxylic acids is 1. The third-order valence-electron chi connectivity index (χ3n) is 4.57. The van der Waals surface area contributed by atoms with Crippen LogP contribution in [0.2, 0.25) is 0 Å². The molecule has 0 saturated carbocycles. The van der Waals surface area contributed by atoms with Gasteiger partial charge >= 0.3 is 6.18 Å². The van der Waals surface area contributed by atoms with Crippen LogP contribution in [0.25, 0.3) is 16.6 Å². The van der Waals surface area contributed by atoms with Crippen LogP contribution in [0.1, 0.15) is 34.5 Å². The molecule has 0 radical (unpaired) electrons. The van der Waals surface area contributed by atoms with E-state index in [-0.39, 0.29) is 11.5 Å². The van der Waals surface area contributed by atoms with Crippen LogP contribution in [0.4, 0.5) is 13.2 Å². The summed E-state index contributed by atoms with van der Waals surface area (Å²) < 4.78 is 42.9. The predicted molar refractivity (Wildman–Crippen MR) is 93.2 cm³/mol. The van der Waals surface area contributed by atoms with Gasteiger partial charge in [-0.05, 0) is 37.1 Å². The first kappa shape index (κ1) is 16.4. The maximum atomic E-state index is 13.6. The fraction of sp³-hybridized carbons (Fsp3) is 0.211. The average Bonchev–Trinajstić information content (AvgIpc) is 2.90. The second-order valence-electron chi connectivity index (χ2n) is 6.11. The monoisotopic (exact) mass is 407 g/mol. The Bertz CT molecular complexity index is 1000. The van der Waals surface area contributed by atoms with Crippen LogP contribution >= 0.6 is 15.9 Å². The van der Waals surface area contributed by atoms with Gasteiger partial charge in [-0.1, -0.05) is 34.1 Å². The maximum Gasteiger partial charge on any atom is 0.418 e. The minimum absolute atomic E-state index is 0.00173. The number of benzene rings is 2. The molecule has 0 aliphatic heterocycles. The predicted octanol–water partition coefficient (Wildman–Crippen LogP) is 5.93. The first-order valence-corrected chi connectivity index (χ1v) is 8.70. The number of halogens is 4. The average molecular weight is 408 g/mol. The zero-order valence-corrected chi connectivity index (χ0v) is 14.6. The molecule has 0 saturated heterocycles. The molecule has 2 aromatic carbocycles. The summed E-state index contributed by atoms with van der Waals surface area (Å²) in [5, 5.41) is 0.721. The van der Waals surface area contributed by atoms with Crippen molar-refractivity contribution < 1.29 is 18.0 Å². The van der Waals surface area contributed by atoms with Gasteiger partial charge in [0.1, 0.15) is 0 Å². The van der Waals surface area contributed by atoms with E-state index in [1.165, 1.54) is 6.07 Å². The Morgan fingerprint density at radius 1 is 1.04 bits per heavy atom. The molecule has 1 aromatic heterocycles. The van der Waals surface area contributed by atoms with Crippen molar-refractivity contribution in [1.82, 2.24) is 4.57 Å². The number of aromatic nitrogens is 1. The van der Waals surface area contributed by atoms with Gasteiger partial charge in [-0.15, -0.1) is 0 Å². The molecule has 0 N–H and O–H groups in total. The molecule has 0 amide bonds. The van der Waals surface area contributed by atoms with Gasteiger partial charge in [-0.2, -0.15) is 13.2 Å². The lowest BCUT2D eigenvalue weighted by Crippen LogP contribution is -2.16. The minimum Gasteiger partial charge on any atom is -0.312 e. The SMILES string of the molecule is O=C1CCCc2c1c1ccccc1n2-c1ccc(Br)cc1C(F)(F)F. The molecular weight excluding hydrogens is 395 g/mol. The van der Waals surface area contributed by atoms with Crippen LogP contribution in [-0.2, 0) is 12.6 Å². The number of Topliss-reactive ketones (excluding diaryl/α,β-unsaturated/α-hetero) is 1. The van der Waals surface area contributed by atoms with Gasteiger partial charge in [0.25, 0.3) is 0 Å². The second-order valence-corrected chi connectivity index (χ2v) is 7.03. The van der Waals surface area contributed by atoms with Gasteiger partial charge in [-0.25, -0.2) is 0 Å². The van der Waals surface area contributed by atoms with Crippen molar-refractivity contribution in [2.75, 3.05) is 0 Å². The molecule has 3 aromatic rings. The van der Waals surface area contributed by atoms with Gasteiger partial charge in [0.2, 0.25) is 0 Å². The summed E-state index contributed by atoms with van der Waals surface area (Å²) in [6, 6.07) is 11.3. The van der Waals surface area contributed by atoms with Crippen molar-refractivity contribution in [1.29, 1.82) is 0 Å². The lowest BCUT2D eigenvalue weighted by atomic mass is 9.94. The van der Waals surface area contributed by atoms with Gasteiger partial charge < -0.3 is 4.57 Å². The number of hydrogen-bond acceptors (Lipinski definition) is 1. The van der Waals surface area contributed by atoms with Crippen LogP contribution in [-0.4, -0.2) is 10.4 Å². The third kappa shape index (κ3) is 2.59. The van der Waals surface area contributed by atoms with E-state index in [2.05, 4.69) is 15.9 Å². The standard InChI is InChI=1S/C19H13BrF3NO/c20-11-8-9-15(13(10-11)19(21,22)23)24-14-5-2-1-4-12(14)18-16(24)6-3-7-17(18)25/h1-2,4-5,8-10H,3,6-7H2. The largest absolute Gasteiger partial charge is 0.418 e. The van der Waals surface area contributed by atoms with Crippen LogP contribution in [0, 0.1) is 0 Å². The number of ketones is 1. The van der Waals surface area contributed by atoms with Gasteiger partial charge in [0, 0.05) is 27.5 Å². The van der Waals surface area contributed by atoms with Crippen LogP contribution in [0.5, 0.6) is 0 Å². The molecule has 0 atom stereocenters. The molecular formula is C19H13BrF3NO. The zero-order chi connectivity index (χ0) is 17.8. The highest BCUT2D eigenvalue weighted by molar-refractivity contribution is 9.10. The van der Waals surface area contributed by atoms with Gasteiger partial charge in [0.05, 0.1) is 16.8 Å².